The van der Waals surface area contributed by atoms with E-state index in [0.29, 0.717) is 35.8 Å². The first-order chi connectivity index (χ1) is 15.7. The molecule has 2 N–H and O–H groups in total. The van der Waals surface area contributed by atoms with Gasteiger partial charge >= 0.3 is 0 Å². The number of halogens is 1. The van der Waals surface area contributed by atoms with Crippen molar-refractivity contribution < 1.29 is 22.4 Å². The molecule has 9 nitrogen and oxygen atoms in total. The van der Waals surface area contributed by atoms with Gasteiger partial charge in [0, 0.05) is 24.8 Å². The Balaban J connectivity index is 1.51. The molecule has 1 atom stereocenters. The smallest absolute Gasteiger partial charge is 0.286 e. The summed E-state index contributed by atoms with van der Waals surface area (Å²) >= 11 is 1.02. The van der Waals surface area contributed by atoms with Gasteiger partial charge in [0.25, 0.3) is 5.91 Å². The Bertz CT molecular complexity index is 1280. The Morgan fingerprint density at radius 1 is 1.03 bits per heavy atom. The molecule has 0 radical (unpaired) electrons. The lowest BCUT2D eigenvalue weighted by Gasteiger charge is -2.22. The Kier molecular flexibility index (Phi) is 6.49. The fraction of sp³-hybridized carbons (Fsp3) is 0.238. The molecule has 172 valence electrons. The van der Waals surface area contributed by atoms with E-state index in [1.807, 2.05) is 0 Å². The number of aromatic nitrogens is 2. The molecule has 0 spiro atoms. The van der Waals surface area contributed by atoms with Crippen molar-refractivity contribution in [3.63, 3.8) is 0 Å². The minimum absolute atomic E-state index is 0.0817. The Labute approximate surface area is 193 Å². The minimum Gasteiger partial charge on any atom is -0.326 e. The van der Waals surface area contributed by atoms with Crippen molar-refractivity contribution >= 4 is 44.5 Å². The van der Waals surface area contributed by atoms with E-state index >= 15 is 0 Å². The first kappa shape index (κ1) is 23.0. The third-order valence-corrected chi connectivity index (χ3v) is 7.95. The van der Waals surface area contributed by atoms with Crippen LogP contribution < -0.4 is 10.6 Å². The molecule has 1 unspecified atom stereocenters. The Morgan fingerprint density at radius 2 is 1.67 bits per heavy atom. The summed E-state index contributed by atoms with van der Waals surface area (Å²) in [6, 6.07) is 10.7. The maximum absolute atomic E-state index is 13.2. The molecule has 1 saturated heterocycles. The van der Waals surface area contributed by atoms with Gasteiger partial charge in [-0.3, -0.25) is 9.59 Å². The van der Waals surface area contributed by atoms with Gasteiger partial charge in [-0.05, 0) is 61.4 Å². The largest absolute Gasteiger partial charge is 0.326 e. The number of nitrogens with one attached hydrogen (secondary N) is 2. The highest BCUT2D eigenvalue weighted by molar-refractivity contribution is 7.89. The molecular formula is C21H20FN5O4S2. The van der Waals surface area contributed by atoms with Crippen LogP contribution in [0.4, 0.5) is 15.8 Å². The summed E-state index contributed by atoms with van der Waals surface area (Å²) in [6.07, 6.45) is 1.20. The van der Waals surface area contributed by atoms with Gasteiger partial charge in [0.15, 0.2) is 0 Å². The third-order valence-electron chi connectivity index (χ3n) is 5.01. The maximum Gasteiger partial charge on any atom is 0.286 e. The van der Waals surface area contributed by atoms with Gasteiger partial charge in [-0.15, -0.1) is 10.2 Å². The summed E-state index contributed by atoms with van der Waals surface area (Å²) in [5.74, 6) is -1.18. The molecule has 1 aromatic heterocycles. The molecule has 2 aromatic carbocycles. The standard InChI is InChI=1S/C21H20FN5O4S2/c1-13(28)23-15-8-10-17(11-9-15)33(30,31)27-12-2-3-18(27)20-25-26-21(32-20)19(29)24-16-6-4-14(22)5-7-16/h4-11,18H,2-3,12H2,1H3,(H,23,28)(H,24,29). The van der Waals surface area contributed by atoms with Crippen molar-refractivity contribution in [2.45, 2.75) is 30.7 Å². The van der Waals surface area contributed by atoms with Crippen LogP contribution in [0.2, 0.25) is 0 Å². The summed E-state index contributed by atoms with van der Waals surface area (Å²) < 4.78 is 40.9. The van der Waals surface area contributed by atoms with Crippen molar-refractivity contribution in [3.8, 4) is 0 Å². The molecule has 2 heterocycles. The number of benzene rings is 2. The van der Waals surface area contributed by atoms with Crippen LogP contribution in [0.1, 0.15) is 40.6 Å². The number of sulfonamides is 1. The van der Waals surface area contributed by atoms with E-state index in [4.69, 9.17) is 0 Å². The van der Waals surface area contributed by atoms with Crippen LogP contribution in [0.25, 0.3) is 0 Å². The lowest BCUT2D eigenvalue weighted by Crippen LogP contribution is -2.30. The van der Waals surface area contributed by atoms with Crippen molar-refractivity contribution in [3.05, 3.63) is 64.4 Å². The molecule has 12 heteroatoms. The quantitative estimate of drug-likeness (QED) is 0.547. The second-order valence-electron chi connectivity index (χ2n) is 7.39. The van der Waals surface area contributed by atoms with E-state index in [-0.39, 0.29) is 15.8 Å². The fourth-order valence-corrected chi connectivity index (χ4v) is 6.12. The lowest BCUT2D eigenvalue weighted by atomic mass is 10.2. The summed E-state index contributed by atoms with van der Waals surface area (Å²) in [5.41, 5.74) is 0.909. The fourth-order valence-electron chi connectivity index (χ4n) is 3.50. The predicted molar refractivity (Wildman–Crippen MR) is 121 cm³/mol. The van der Waals surface area contributed by atoms with Crippen molar-refractivity contribution in [1.29, 1.82) is 0 Å². The number of anilines is 2. The van der Waals surface area contributed by atoms with E-state index in [0.717, 1.165) is 11.3 Å². The van der Waals surface area contributed by atoms with E-state index in [1.54, 1.807) is 0 Å². The van der Waals surface area contributed by atoms with Crippen molar-refractivity contribution in [1.82, 2.24) is 14.5 Å². The van der Waals surface area contributed by atoms with Crippen molar-refractivity contribution in [2.75, 3.05) is 17.2 Å². The summed E-state index contributed by atoms with van der Waals surface area (Å²) in [4.78, 5) is 23.8. The monoisotopic (exact) mass is 489 g/mol. The molecule has 1 aliphatic rings. The van der Waals surface area contributed by atoms with E-state index in [2.05, 4.69) is 20.8 Å². The zero-order chi connectivity index (χ0) is 23.6. The summed E-state index contributed by atoms with van der Waals surface area (Å²) in [6.45, 7) is 1.69. The van der Waals surface area contributed by atoms with Gasteiger partial charge in [-0.1, -0.05) is 11.3 Å². The van der Waals surface area contributed by atoms with Crippen LogP contribution in [0.5, 0.6) is 0 Å². The van der Waals surface area contributed by atoms with Gasteiger partial charge in [-0.2, -0.15) is 4.31 Å². The number of nitrogens with zero attached hydrogens (tertiary/aromatic N) is 3. The third kappa shape index (κ3) is 5.07. The number of hydrogen-bond donors (Lipinski definition) is 2. The first-order valence-electron chi connectivity index (χ1n) is 10.0. The topological polar surface area (TPSA) is 121 Å². The highest BCUT2D eigenvalue weighted by Crippen LogP contribution is 2.38. The van der Waals surface area contributed by atoms with Crippen LogP contribution in [-0.4, -0.2) is 41.3 Å². The van der Waals surface area contributed by atoms with E-state index in [9.17, 15) is 22.4 Å². The SMILES string of the molecule is CC(=O)Nc1ccc(S(=O)(=O)N2CCCC2c2nnc(C(=O)Nc3ccc(F)cc3)s2)cc1. The average molecular weight is 490 g/mol. The molecule has 2 amide bonds. The van der Waals surface area contributed by atoms with Crippen LogP contribution in [0.3, 0.4) is 0 Å². The first-order valence-corrected chi connectivity index (χ1v) is 12.3. The summed E-state index contributed by atoms with van der Waals surface area (Å²) in [5, 5.41) is 13.7. The molecular weight excluding hydrogens is 469 g/mol. The Morgan fingerprint density at radius 3 is 2.33 bits per heavy atom. The van der Waals surface area contributed by atoms with Crippen LogP contribution >= 0.6 is 11.3 Å². The molecule has 4 rings (SSSR count). The van der Waals surface area contributed by atoms with Gasteiger partial charge in [0.2, 0.25) is 20.9 Å². The Hall–Kier alpha value is -3.22. The predicted octanol–water partition coefficient (Wildman–Crippen LogP) is 3.41. The molecule has 1 aliphatic heterocycles. The second kappa shape index (κ2) is 9.33. The molecule has 0 aliphatic carbocycles. The van der Waals surface area contributed by atoms with Gasteiger partial charge in [-0.25, -0.2) is 12.8 Å². The lowest BCUT2D eigenvalue weighted by molar-refractivity contribution is -0.114. The van der Waals surface area contributed by atoms with Gasteiger partial charge in [0.05, 0.1) is 10.9 Å². The van der Waals surface area contributed by atoms with Crippen LogP contribution in [0, 0.1) is 5.82 Å². The molecule has 3 aromatic rings. The normalized spacial score (nSPS) is 16.5. The highest BCUT2D eigenvalue weighted by atomic mass is 32.2. The zero-order valence-electron chi connectivity index (χ0n) is 17.5. The number of carbonyl (C=O) groups is 2. The highest BCUT2D eigenvalue weighted by Gasteiger charge is 2.38. The number of rotatable bonds is 6. The molecule has 33 heavy (non-hydrogen) atoms. The second-order valence-corrected chi connectivity index (χ2v) is 10.3. The van der Waals surface area contributed by atoms with Crippen LogP contribution in [0.15, 0.2) is 53.4 Å². The zero-order valence-corrected chi connectivity index (χ0v) is 19.1. The molecule has 0 bridgehead atoms. The number of hydrogen-bond acceptors (Lipinski definition) is 7. The van der Waals surface area contributed by atoms with Gasteiger partial charge in [0.1, 0.15) is 10.8 Å². The molecule has 0 saturated carbocycles. The number of carbonyl (C=O) groups excluding carboxylic acids is 2. The minimum atomic E-state index is -3.82. The van der Waals surface area contributed by atoms with Gasteiger partial charge < -0.3 is 10.6 Å². The average Bonchev–Trinajstić information content (AvgIpc) is 3.45. The van der Waals surface area contributed by atoms with Crippen LogP contribution in [-0.2, 0) is 14.8 Å². The van der Waals surface area contributed by atoms with E-state index in [1.165, 1.54) is 59.8 Å². The van der Waals surface area contributed by atoms with Crippen molar-refractivity contribution in [2.24, 2.45) is 0 Å². The summed E-state index contributed by atoms with van der Waals surface area (Å²) in [7, 11) is -3.82. The van der Waals surface area contributed by atoms with E-state index < -0.39 is 27.8 Å². The molecule has 1 fully saturated rings. The maximum atomic E-state index is 13.2. The number of amides is 2.